The molecule has 1 heterocycles. The summed E-state index contributed by atoms with van der Waals surface area (Å²) < 4.78 is 36.0. The molecule has 2 atom stereocenters. The van der Waals surface area contributed by atoms with Crippen LogP contribution in [0, 0.1) is 6.92 Å². The fraction of sp³-hybridized carbons (Fsp3) is 0.235. The molecule has 126 valence electrons. The van der Waals surface area contributed by atoms with Crippen LogP contribution in [-0.2, 0) is 14.6 Å². The molecule has 1 N–H and O–H groups in total. The van der Waals surface area contributed by atoms with Gasteiger partial charge in [0.25, 0.3) is 0 Å². The van der Waals surface area contributed by atoms with E-state index < -0.39 is 27.4 Å². The van der Waals surface area contributed by atoms with Gasteiger partial charge in [-0.25, -0.2) is 13.2 Å². The van der Waals surface area contributed by atoms with Crippen LogP contribution in [0.1, 0.15) is 17.2 Å². The van der Waals surface area contributed by atoms with Crippen molar-refractivity contribution >= 4 is 15.9 Å². The average molecular weight is 347 g/mol. The number of hydrogen-bond donors (Lipinski definition) is 1. The minimum Gasteiger partial charge on any atom is -0.497 e. The lowest BCUT2D eigenvalue weighted by Crippen LogP contribution is -2.36. The van der Waals surface area contributed by atoms with Gasteiger partial charge in [0, 0.05) is 0 Å². The first-order valence-electron chi connectivity index (χ1n) is 7.33. The molecule has 0 aliphatic carbocycles. The number of carbonyl (C=O) groups is 1. The van der Waals surface area contributed by atoms with E-state index in [1.165, 1.54) is 19.2 Å². The Hall–Kier alpha value is -2.54. The van der Waals surface area contributed by atoms with Crippen molar-refractivity contribution in [2.24, 2.45) is 0 Å². The van der Waals surface area contributed by atoms with E-state index in [2.05, 4.69) is 5.32 Å². The quantitative estimate of drug-likeness (QED) is 0.919. The van der Waals surface area contributed by atoms with E-state index in [1.807, 2.05) is 6.92 Å². The number of cyclic esters (lactones) is 1. The van der Waals surface area contributed by atoms with Crippen LogP contribution >= 0.6 is 0 Å². The topological polar surface area (TPSA) is 81.7 Å². The number of amides is 1. The number of nitrogens with one attached hydrogen (secondary N) is 1. The number of methoxy groups -OCH3 is 1. The Morgan fingerprint density at radius 3 is 2.25 bits per heavy atom. The molecule has 2 unspecified atom stereocenters. The van der Waals surface area contributed by atoms with Crippen molar-refractivity contribution in [3.63, 3.8) is 0 Å². The molecule has 0 radical (unpaired) electrons. The number of rotatable bonds is 4. The van der Waals surface area contributed by atoms with E-state index >= 15 is 0 Å². The van der Waals surface area contributed by atoms with Crippen LogP contribution < -0.4 is 10.1 Å². The van der Waals surface area contributed by atoms with Crippen molar-refractivity contribution in [2.45, 2.75) is 23.3 Å². The zero-order chi connectivity index (χ0) is 17.3. The molecule has 3 rings (SSSR count). The van der Waals surface area contributed by atoms with Crippen LogP contribution in [0.25, 0.3) is 0 Å². The lowest BCUT2D eigenvalue weighted by Gasteiger charge is -2.18. The van der Waals surface area contributed by atoms with Crippen LogP contribution in [-0.4, -0.2) is 27.0 Å². The molecule has 2 aromatic carbocycles. The van der Waals surface area contributed by atoms with Gasteiger partial charge in [0.2, 0.25) is 9.84 Å². The predicted octanol–water partition coefficient (Wildman–Crippen LogP) is 2.58. The van der Waals surface area contributed by atoms with Crippen molar-refractivity contribution in [3.05, 3.63) is 59.7 Å². The van der Waals surface area contributed by atoms with Gasteiger partial charge < -0.3 is 14.8 Å². The van der Waals surface area contributed by atoms with Gasteiger partial charge in [0.05, 0.1) is 12.0 Å². The molecular formula is C17H17NO5S. The largest absolute Gasteiger partial charge is 0.497 e. The normalized spacial score (nSPS) is 20.3. The van der Waals surface area contributed by atoms with Crippen molar-refractivity contribution in [1.29, 1.82) is 0 Å². The molecule has 0 saturated carbocycles. The van der Waals surface area contributed by atoms with Crippen molar-refractivity contribution < 1.29 is 22.7 Å². The SMILES string of the molecule is COc1ccc(C2OC(=O)NC2S(=O)(=O)c2ccc(C)cc2)cc1. The molecule has 1 amide bonds. The van der Waals surface area contributed by atoms with Gasteiger partial charge in [-0.1, -0.05) is 29.8 Å². The van der Waals surface area contributed by atoms with Gasteiger partial charge in [0.1, 0.15) is 5.75 Å². The van der Waals surface area contributed by atoms with E-state index in [0.29, 0.717) is 11.3 Å². The standard InChI is InChI=1S/C17H17NO5S/c1-11-3-9-14(10-4-11)24(20,21)16-15(23-17(19)18-16)12-5-7-13(22-2)8-6-12/h3-10,15-16H,1-2H3,(H,18,19). The molecule has 1 aliphatic heterocycles. The number of benzene rings is 2. The number of hydrogen-bond acceptors (Lipinski definition) is 5. The van der Waals surface area contributed by atoms with Crippen LogP contribution in [0.2, 0.25) is 0 Å². The first-order valence-corrected chi connectivity index (χ1v) is 8.88. The second-order valence-electron chi connectivity index (χ2n) is 5.52. The highest BCUT2D eigenvalue weighted by Crippen LogP contribution is 2.33. The molecular weight excluding hydrogens is 330 g/mol. The van der Waals surface area contributed by atoms with Crippen molar-refractivity contribution in [1.82, 2.24) is 5.32 Å². The molecule has 24 heavy (non-hydrogen) atoms. The zero-order valence-corrected chi connectivity index (χ0v) is 14.0. The summed E-state index contributed by atoms with van der Waals surface area (Å²) >= 11 is 0. The number of ether oxygens (including phenoxy) is 2. The Balaban J connectivity index is 1.97. The molecule has 1 saturated heterocycles. The summed E-state index contributed by atoms with van der Waals surface area (Å²) in [5, 5.41) is 1.22. The highest BCUT2D eigenvalue weighted by molar-refractivity contribution is 7.92. The zero-order valence-electron chi connectivity index (χ0n) is 13.2. The molecule has 7 heteroatoms. The third kappa shape index (κ3) is 2.94. The summed E-state index contributed by atoms with van der Waals surface area (Å²) in [5.41, 5.74) is 1.53. The van der Waals surface area contributed by atoms with Crippen molar-refractivity contribution in [2.75, 3.05) is 7.11 Å². The van der Waals surface area contributed by atoms with Gasteiger partial charge in [-0.2, -0.15) is 0 Å². The van der Waals surface area contributed by atoms with Crippen LogP contribution in [0.4, 0.5) is 4.79 Å². The van der Waals surface area contributed by atoms with Crippen LogP contribution in [0.5, 0.6) is 5.75 Å². The molecule has 1 aliphatic rings. The molecule has 0 aromatic heterocycles. The van der Waals surface area contributed by atoms with Crippen molar-refractivity contribution in [3.8, 4) is 5.75 Å². The molecule has 1 fully saturated rings. The Bertz CT molecular complexity index is 844. The third-order valence-corrected chi connectivity index (χ3v) is 5.86. The Morgan fingerprint density at radius 2 is 1.67 bits per heavy atom. The van der Waals surface area contributed by atoms with E-state index in [-0.39, 0.29) is 4.90 Å². The summed E-state index contributed by atoms with van der Waals surface area (Å²) in [5.74, 6) is 0.633. The number of aryl methyl sites for hydroxylation is 1. The molecule has 2 aromatic rings. The smallest absolute Gasteiger partial charge is 0.409 e. The maximum Gasteiger partial charge on any atom is 0.409 e. The Morgan fingerprint density at radius 1 is 1.04 bits per heavy atom. The van der Waals surface area contributed by atoms with Gasteiger partial charge in [-0.15, -0.1) is 0 Å². The summed E-state index contributed by atoms with van der Waals surface area (Å²) in [7, 11) is -2.25. The summed E-state index contributed by atoms with van der Waals surface area (Å²) in [4.78, 5) is 11.8. The first kappa shape index (κ1) is 16.3. The van der Waals surface area contributed by atoms with Gasteiger partial charge >= 0.3 is 6.09 Å². The first-order chi connectivity index (χ1) is 11.4. The predicted molar refractivity (Wildman–Crippen MR) is 87.5 cm³/mol. The highest BCUT2D eigenvalue weighted by Gasteiger charge is 2.44. The third-order valence-electron chi connectivity index (χ3n) is 3.90. The minimum absolute atomic E-state index is 0.141. The summed E-state index contributed by atoms with van der Waals surface area (Å²) in [6.07, 6.45) is -1.67. The second kappa shape index (κ2) is 6.16. The highest BCUT2D eigenvalue weighted by atomic mass is 32.2. The van der Waals surface area contributed by atoms with Gasteiger partial charge in [-0.3, -0.25) is 0 Å². The molecule has 0 bridgehead atoms. The molecule has 6 nitrogen and oxygen atoms in total. The van der Waals surface area contributed by atoms with Gasteiger partial charge in [0.15, 0.2) is 11.5 Å². The number of sulfone groups is 1. The Labute approximate surface area is 140 Å². The van der Waals surface area contributed by atoms with Gasteiger partial charge in [-0.05, 0) is 36.8 Å². The summed E-state index contributed by atoms with van der Waals surface area (Å²) in [6.45, 7) is 1.87. The monoisotopic (exact) mass is 347 g/mol. The minimum atomic E-state index is -3.79. The van der Waals surface area contributed by atoms with Crippen LogP contribution in [0.3, 0.4) is 0 Å². The van der Waals surface area contributed by atoms with E-state index in [1.54, 1.807) is 36.4 Å². The lowest BCUT2D eigenvalue weighted by atomic mass is 10.1. The number of carbonyl (C=O) groups excluding carboxylic acids is 1. The number of alkyl carbamates (subject to hydrolysis) is 1. The van der Waals surface area contributed by atoms with E-state index in [9.17, 15) is 13.2 Å². The average Bonchev–Trinajstić information content (AvgIpc) is 2.98. The molecule has 0 spiro atoms. The van der Waals surface area contributed by atoms with E-state index in [4.69, 9.17) is 9.47 Å². The lowest BCUT2D eigenvalue weighted by molar-refractivity contribution is 0.138. The maximum atomic E-state index is 12.9. The van der Waals surface area contributed by atoms with E-state index in [0.717, 1.165) is 5.56 Å². The summed E-state index contributed by atoms with van der Waals surface area (Å²) in [6, 6.07) is 13.2. The fourth-order valence-corrected chi connectivity index (χ4v) is 4.15. The van der Waals surface area contributed by atoms with Crippen LogP contribution in [0.15, 0.2) is 53.4 Å². The fourth-order valence-electron chi connectivity index (χ4n) is 2.55. The maximum absolute atomic E-state index is 12.9. The Kier molecular flexibility index (Phi) is 4.19. The second-order valence-corrected chi connectivity index (χ2v) is 7.59.